The number of aromatic nitrogens is 4. The van der Waals surface area contributed by atoms with Crippen LogP contribution >= 0.6 is 0 Å². The van der Waals surface area contributed by atoms with E-state index in [0.717, 1.165) is 50.5 Å². The van der Waals surface area contributed by atoms with E-state index in [9.17, 15) is 0 Å². The van der Waals surface area contributed by atoms with Crippen molar-refractivity contribution in [2.24, 2.45) is 7.05 Å². The molecule has 3 heterocycles. The van der Waals surface area contributed by atoms with Crippen molar-refractivity contribution in [1.82, 2.24) is 14.1 Å². The molecule has 0 fully saturated rings. The molecule has 0 amide bonds. The van der Waals surface area contributed by atoms with Crippen LogP contribution in [0.15, 0.2) is 128 Å². The Hall–Kier alpha value is -4.95. The molecule has 8 rings (SSSR count). The first-order chi connectivity index (χ1) is 23.2. The molecule has 0 aliphatic rings. The van der Waals surface area contributed by atoms with E-state index < -0.39 is 0 Å². The highest BCUT2D eigenvalue weighted by atomic mass is 127. The summed E-state index contributed by atoms with van der Waals surface area (Å²) >= 11 is 0. The molecule has 0 aliphatic carbocycles. The number of halogens is 1. The third-order valence-corrected chi connectivity index (χ3v) is 9.47. The van der Waals surface area contributed by atoms with Gasteiger partial charge in [-0.15, -0.1) is 0 Å². The van der Waals surface area contributed by atoms with Crippen LogP contribution in [-0.2, 0) is 12.5 Å². The van der Waals surface area contributed by atoms with Gasteiger partial charge in [0.1, 0.15) is 23.0 Å². The lowest BCUT2D eigenvalue weighted by Crippen LogP contribution is -3.00. The molecule has 0 aliphatic heterocycles. The lowest BCUT2D eigenvalue weighted by atomic mass is 9.88. The van der Waals surface area contributed by atoms with Crippen molar-refractivity contribution in [1.29, 1.82) is 0 Å². The fourth-order valence-corrected chi connectivity index (χ4v) is 7.07. The van der Waals surface area contributed by atoms with Gasteiger partial charge in [-0.25, -0.2) is 9.55 Å². The maximum absolute atomic E-state index is 6.82. The summed E-state index contributed by atoms with van der Waals surface area (Å²) in [4.78, 5) is 4.86. The maximum atomic E-state index is 6.82. The number of benzene rings is 5. The minimum atomic E-state index is 0. The number of pyridine rings is 1. The van der Waals surface area contributed by atoms with E-state index >= 15 is 0 Å². The number of para-hydroxylation sites is 3. The van der Waals surface area contributed by atoms with Crippen LogP contribution in [0.2, 0.25) is 0 Å². The van der Waals surface area contributed by atoms with E-state index in [0.29, 0.717) is 0 Å². The quantitative estimate of drug-likeness (QED) is 0.137. The van der Waals surface area contributed by atoms with Gasteiger partial charge in [0, 0.05) is 29.1 Å². The first-order valence-corrected chi connectivity index (χ1v) is 16.5. The first kappa shape index (κ1) is 32.6. The molecule has 8 aromatic rings. The highest BCUT2D eigenvalue weighted by Gasteiger charge is 2.20. The molecule has 0 saturated carbocycles. The predicted octanol–water partition coefficient (Wildman–Crippen LogP) is 7.32. The van der Waals surface area contributed by atoms with Gasteiger partial charge < -0.3 is 28.7 Å². The van der Waals surface area contributed by atoms with E-state index in [1.807, 2.05) is 6.20 Å². The highest BCUT2D eigenvalue weighted by Crippen LogP contribution is 2.38. The number of hydrogen-bond acceptors (Lipinski definition) is 2. The summed E-state index contributed by atoms with van der Waals surface area (Å²) in [6, 6.07) is 40.8. The van der Waals surface area contributed by atoms with Gasteiger partial charge in [0.25, 0.3) is 0 Å². The first-order valence-electron chi connectivity index (χ1n) is 16.5. The summed E-state index contributed by atoms with van der Waals surface area (Å²) in [5.74, 6) is 2.45. The molecule has 0 bridgehead atoms. The van der Waals surface area contributed by atoms with E-state index in [1.54, 1.807) is 0 Å². The van der Waals surface area contributed by atoms with Crippen LogP contribution < -0.4 is 33.3 Å². The number of fused-ring (bicyclic) bond motifs is 4. The molecule has 5 nitrogen and oxygen atoms in total. The zero-order chi connectivity index (χ0) is 33.2. The summed E-state index contributed by atoms with van der Waals surface area (Å²) < 4.78 is 13.5. The van der Waals surface area contributed by atoms with Crippen LogP contribution in [0.25, 0.3) is 55.5 Å². The molecule has 0 saturated heterocycles. The molecule has 0 atom stereocenters. The number of rotatable bonds is 5. The normalized spacial score (nSPS) is 11.7. The average molecular weight is 755 g/mol. The molecule has 5 aromatic carbocycles. The summed E-state index contributed by atoms with van der Waals surface area (Å²) in [6.45, 7) is 11.1. The topological polar surface area (TPSA) is 35.9 Å². The van der Waals surface area contributed by atoms with Crippen LogP contribution in [-0.4, -0.2) is 14.1 Å². The minimum Gasteiger partial charge on any atom is -1.00 e. The minimum absolute atomic E-state index is 0. The molecular formula is C43H39IN4O. The number of imidazole rings is 1. The fraction of sp³-hybridized carbons (Fsp3) is 0.163. The van der Waals surface area contributed by atoms with Crippen molar-refractivity contribution in [3.63, 3.8) is 0 Å². The monoisotopic (exact) mass is 754 g/mol. The molecule has 3 aromatic heterocycles. The lowest BCUT2D eigenvalue weighted by Gasteiger charge is -2.20. The molecular weight excluding hydrogens is 715 g/mol. The van der Waals surface area contributed by atoms with Gasteiger partial charge in [-0.3, -0.25) is 4.57 Å². The van der Waals surface area contributed by atoms with Gasteiger partial charge in [0.2, 0.25) is 6.33 Å². The zero-order valence-electron chi connectivity index (χ0n) is 28.7. The number of aryl methyl sites for hydroxylation is 3. The Morgan fingerprint density at radius 3 is 2.16 bits per heavy atom. The molecule has 6 heteroatoms. The Morgan fingerprint density at radius 2 is 1.39 bits per heavy atom. The molecule has 0 radical (unpaired) electrons. The van der Waals surface area contributed by atoms with Gasteiger partial charge in [0.15, 0.2) is 11.0 Å². The zero-order valence-corrected chi connectivity index (χ0v) is 30.9. The van der Waals surface area contributed by atoms with E-state index in [1.165, 1.54) is 33.2 Å². The molecule has 49 heavy (non-hydrogen) atoms. The second-order valence-corrected chi connectivity index (χ2v) is 13.9. The second-order valence-electron chi connectivity index (χ2n) is 13.9. The fourth-order valence-electron chi connectivity index (χ4n) is 7.07. The Bertz CT molecular complexity index is 2500. The van der Waals surface area contributed by atoms with Crippen molar-refractivity contribution in [3.05, 3.63) is 144 Å². The van der Waals surface area contributed by atoms with Crippen molar-refractivity contribution in [2.75, 3.05) is 0 Å². The molecule has 0 N–H and O–H groups in total. The third kappa shape index (κ3) is 5.78. The van der Waals surface area contributed by atoms with Gasteiger partial charge >= 0.3 is 0 Å². The number of ether oxygens (including phenoxy) is 1. The third-order valence-electron chi connectivity index (χ3n) is 9.47. The summed E-state index contributed by atoms with van der Waals surface area (Å²) in [5.41, 5.74) is 11.6. The van der Waals surface area contributed by atoms with E-state index in [-0.39, 0.29) is 29.4 Å². The van der Waals surface area contributed by atoms with Gasteiger partial charge in [-0.1, -0.05) is 69.3 Å². The van der Waals surface area contributed by atoms with Crippen molar-refractivity contribution in [2.45, 2.75) is 40.0 Å². The van der Waals surface area contributed by atoms with Crippen LogP contribution in [0.4, 0.5) is 0 Å². The number of hydrogen-bond donors (Lipinski definition) is 0. The van der Waals surface area contributed by atoms with Crippen LogP contribution in [0.3, 0.4) is 0 Å². The number of nitrogens with zero attached hydrogens (tertiary/aromatic N) is 4. The Kier molecular flexibility index (Phi) is 8.31. The molecule has 0 spiro atoms. The van der Waals surface area contributed by atoms with Gasteiger partial charge in [-0.2, -0.15) is 4.57 Å². The second kappa shape index (κ2) is 12.5. The standard InChI is InChI=1S/C43H39N4O.HI/c1-28-12-11-13-29(2)42(28)30-22-32(46-27-45(6)38-16-9-10-17-39(38)46)25-34(23-30)48-33-18-19-36-35-14-7-8-15-37(35)47(40(36)26-33)41-24-31(20-21-44-41)43(3,4)5;/h7-27H,1-6H3;1H/q+1;/p-1. The lowest BCUT2D eigenvalue weighted by molar-refractivity contribution is -0.645. The van der Waals surface area contributed by atoms with Crippen molar-refractivity contribution < 1.29 is 33.3 Å². The summed E-state index contributed by atoms with van der Waals surface area (Å²) in [7, 11) is 2.09. The Labute approximate surface area is 304 Å². The largest absolute Gasteiger partial charge is 1.00 e. The van der Waals surface area contributed by atoms with E-state index in [2.05, 4.69) is 177 Å². The van der Waals surface area contributed by atoms with Crippen molar-refractivity contribution in [3.8, 4) is 34.1 Å². The SMILES string of the molecule is Cc1cccc(C)c1-c1cc(Oc2ccc3c4ccccc4n(-c4cc(C(C)(C)C)ccn4)c3c2)cc(-n2c[n+](C)c3ccccc32)c1.[I-]. The van der Waals surface area contributed by atoms with Crippen LogP contribution in [0, 0.1) is 13.8 Å². The van der Waals surface area contributed by atoms with Gasteiger partial charge in [0.05, 0.1) is 18.1 Å². The summed E-state index contributed by atoms with van der Waals surface area (Å²) in [6.07, 6.45) is 4.06. The Morgan fingerprint density at radius 1 is 0.673 bits per heavy atom. The molecule has 0 unspecified atom stereocenters. The molecule has 244 valence electrons. The predicted molar refractivity (Wildman–Crippen MR) is 197 cm³/mol. The van der Waals surface area contributed by atoms with Crippen LogP contribution in [0.5, 0.6) is 11.5 Å². The smallest absolute Gasteiger partial charge is 0.249 e. The maximum Gasteiger partial charge on any atom is 0.249 e. The van der Waals surface area contributed by atoms with Crippen molar-refractivity contribution >= 4 is 32.8 Å². The highest BCUT2D eigenvalue weighted by molar-refractivity contribution is 6.09. The van der Waals surface area contributed by atoms with E-state index in [4.69, 9.17) is 9.72 Å². The Balaban J connectivity index is 0.00000378. The van der Waals surface area contributed by atoms with Gasteiger partial charge in [-0.05, 0) is 102 Å². The summed E-state index contributed by atoms with van der Waals surface area (Å²) in [5, 5.41) is 2.35. The van der Waals surface area contributed by atoms with Crippen LogP contribution in [0.1, 0.15) is 37.5 Å². The average Bonchev–Trinajstić information content (AvgIpc) is 3.59.